The van der Waals surface area contributed by atoms with Gasteiger partial charge in [-0.25, -0.2) is 0 Å². The summed E-state index contributed by atoms with van der Waals surface area (Å²) in [5.41, 5.74) is 0. The number of aliphatic hydroxyl groups is 1. The van der Waals surface area contributed by atoms with Crippen LogP contribution in [0.2, 0.25) is 0 Å². The number of hydrogen-bond acceptors (Lipinski definition) is 3. The van der Waals surface area contributed by atoms with Crippen molar-refractivity contribution < 1.29 is 14.6 Å². The largest absolute Gasteiger partial charge is 0.396 e. The third-order valence-corrected chi connectivity index (χ3v) is 13.9. The van der Waals surface area contributed by atoms with E-state index < -0.39 is 0 Å². The van der Waals surface area contributed by atoms with Gasteiger partial charge in [-0.05, 0) is 84.4 Å². The average Bonchev–Trinajstić information content (AvgIpc) is 3.00. The minimum atomic E-state index is -0.371. The van der Waals surface area contributed by atoms with E-state index in [9.17, 15) is 5.11 Å². The molecule has 3 nitrogen and oxygen atoms in total. The fourth-order valence-electron chi connectivity index (χ4n) is 10.9. The Balaban J connectivity index is 1.42. The van der Waals surface area contributed by atoms with E-state index in [0.29, 0.717) is 13.2 Å². The van der Waals surface area contributed by atoms with E-state index in [1.807, 2.05) is 0 Å². The first kappa shape index (κ1) is 37.7. The Hall–Kier alpha value is -0.120. The average molecular weight is 631 g/mol. The second-order valence-electron chi connectivity index (χ2n) is 18.2. The van der Waals surface area contributed by atoms with Crippen LogP contribution in [0.1, 0.15) is 170 Å². The zero-order chi connectivity index (χ0) is 32.4. The number of hydrogen-bond donors (Lipinski definition) is 1. The topological polar surface area (TPSA) is 38.7 Å². The van der Waals surface area contributed by atoms with Gasteiger partial charge in [0.05, 0.1) is 19.8 Å². The third kappa shape index (κ3) is 11.2. The molecule has 0 radical (unpaired) electrons. The van der Waals surface area contributed by atoms with Crippen LogP contribution in [0.25, 0.3) is 0 Å². The van der Waals surface area contributed by atoms with E-state index in [2.05, 4.69) is 48.5 Å². The standard InChI is InChI=1S/C42H78O3/c1-30(2)12-8-14-32(5)39-22-20-33(6)40-23-21-34(7)41-26-42(44-28-35(27-43)29-45-42)25-24-38(41)19-11-18-37(40)17-10-16-36(39)15-9-13-31(3)4/h30-41,43H,8-29H2,1-7H3. The number of rotatable bonds is 10. The molecule has 4 aliphatic rings. The van der Waals surface area contributed by atoms with Crippen LogP contribution < -0.4 is 0 Å². The van der Waals surface area contributed by atoms with E-state index >= 15 is 0 Å². The molecule has 9 atom stereocenters. The van der Waals surface area contributed by atoms with Crippen LogP contribution in [0.15, 0.2) is 0 Å². The Morgan fingerprint density at radius 1 is 0.667 bits per heavy atom. The van der Waals surface area contributed by atoms with Crippen molar-refractivity contribution in [3.8, 4) is 0 Å². The Labute approximate surface area is 281 Å². The monoisotopic (exact) mass is 631 g/mol. The summed E-state index contributed by atoms with van der Waals surface area (Å²) < 4.78 is 12.8. The second-order valence-corrected chi connectivity index (χ2v) is 18.2. The van der Waals surface area contributed by atoms with Crippen molar-refractivity contribution >= 4 is 0 Å². The van der Waals surface area contributed by atoms with Gasteiger partial charge in [0.25, 0.3) is 0 Å². The first-order chi connectivity index (χ1) is 21.6. The quantitative estimate of drug-likeness (QED) is 0.261. The van der Waals surface area contributed by atoms with Gasteiger partial charge < -0.3 is 14.6 Å². The highest BCUT2D eigenvalue weighted by atomic mass is 16.7. The van der Waals surface area contributed by atoms with Crippen molar-refractivity contribution in [1.29, 1.82) is 0 Å². The second kappa shape index (κ2) is 18.6. The predicted molar refractivity (Wildman–Crippen MR) is 191 cm³/mol. The van der Waals surface area contributed by atoms with Crippen LogP contribution >= 0.6 is 0 Å². The molecule has 264 valence electrons. The molecule has 3 saturated carbocycles. The molecule has 0 amide bonds. The van der Waals surface area contributed by atoms with Gasteiger partial charge in [0.15, 0.2) is 5.79 Å². The van der Waals surface area contributed by atoms with E-state index in [-0.39, 0.29) is 18.3 Å². The molecule has 1 heterocycles. The number of aliphatic hydroxyl groups excluding tert-OH is 1. The van der Waals surface area contributed by atoms with E-state index in [0.717, 1.165) is 77.9 Å². The summed E-state index contributed by atoms with van der Waals surface area (Å²) >= 11 is 0. The molecule has 3 aliphatic carbocycles. The maximum absolute atomic E-state index is 9.62. The van der Waals surface area contributed by atoms with Gasteiger partial charge in [-0.1, -0.05) is 138 Å². The van der Waals surface area contributed by atoms with Crippen LogP contribution in [-0.4, -0.2) is 30.7 Å². The van der Waals surface area contributed by atoms with Gasteiger partial charge in [0.1, 0.15) is 0 Å². The minimum Gasteiger partial charge on any atom is -0.396 e. The van der Waals surface area contributed by atoms with E-state index in [4.69, 9.17) is 9.47 Å². The lowest BCUT2D eigenvalue weighted by Crippen LogP contribution is -2.50. The first-order valence-corrected chi connectivity index (χ1v) is 20.5. The molecule has 45 heavy (non-hydrogen) atoms. The summed E-state index contributed by atoms with van der Waals surface area (Å²) in [5.74, 6) is 9.23. The Bertz CT molecular complexity index is 800. The molecule has 3 heteroatoms. The van der Waals surface area contributed by atoms with Gasteiger partial charge in [0.2, 0.25) is 0 Å². The molecule has 9 unspecified atom stereocenters. The lowest BCUT2D eigenvalue weighted by molar-refractivity contribution is -0.309. The summed E-state index contributed by atoms with van der Waals surface area (Å²) in [4.78, 5) is 0. The minimum absolute atomic E-state index is 0.152. The van der Waals surface area contributed by atoms with E-state index in [1.54, 1.807) is 0 Å². The molecule has 0 aromatic rings. The molecular formula is C42H78O3. The van der Waals surface area contributed by atoms with Crippen molar-refractivity contribution in [2.75, 3.05) is 19.8 Å². The van der Waals surface area contributed by atoms with E-state index in [1.165, 1.54) is 109 Å². The van der Waals surface area contributed by atoms with Crippen molar-refractivity contribution in [2.24, 2.45) is 71.0 Å². The number of fused-ring (bicyclic) bond motifs is 2. The van der Waals surface area contributed by atoms with Crippen LogP contribution in [0.3, 0.4) is 0 Å². The fraction of sp³-hybridized carbons (Fsp3) is 1.00. The lowest BCUT2D eigenvalue weighted by atomic mass is 9.63. The predicted octanol–water partition coefficient (Wildman–Crippen LogP) is 11.7. The van der Waals surface area contributed by atoms with Crippen molar-refractivity contribution in [3.63, 3.8) is 0 Å². The Kier molecular flexibility index (Phi) is 15.6. The van der Waals surface area contributed by atoms with Crippen LogP contribution in [0, 0.1) is 71.0 Å². The molecule has 1 saturated heterocycles. The SMILES string of the molecule is CC(C)CCCC(C)C1CCC(C)C2CCC(C)C3CC4(CCC3CCCC2CCCC1CCCC(C)C)OCC(CO)CO4. The highest BCUT2D eigenvalue weighted by Gasteiger charge is 2.47. The highest BCUT2D eigenvalue weighted by molar-refractivity contribution is 4.92. The molecule has 1 spiro atoms. The molecule has 4 fully saturated rings. The Morgan fingerprint density at radius 3 is 1.93 bits per heavy atom. The number of ether oxygens (including phenoxy) is 2. The van der Waals surface area contributed by atoms with Gasteiger partial charge in [-0.3, -0.25) is 0 Å². The highest BCUT2D eigenvalue weighted by Crippen LogP contribution is 2.50. The Morgan fingerprint density at radius 2 is 1.27 bits per heavy atom. The first-order valence-electron chi connectivity index (χ1n) is 20.5. The summed E-state index contributed by atoms with van der Waals surface area (Å²) in [5, 5.41) is 9.62. The third-order valence-electron chi connectivity index (χ3n) is 13.9. The molecule has 0 aromatic heterocycles. The van der Waals surface area contributed by atoms with Crippen molar-refractivity contribution in [3.05, 3.63) is 0 Å². The summed E-state index contributed by atoms with van der Waals surface area (Å²) in [6.07, 6.45) is 26.5. The summed E-state index contributed by atoms with van der Waals surface area (Å²) in [7, 11) is 0. The smallest absolute Gasteiger partial charge is 0.168 e. The maximum atomic E-state index is 9.62. The lowest BCUT2D eigenvalue weighted by Gasteiger charge is -2.49. The summed E-state index contributed by atoms with van der Waals surface area (Å²) in [6.45, 7) is 19.0. The molecule has 1 aliphatic heterocycles. The van der Waals surface area contributed by atoms with Gasteiger partial charge >= 0.3 is 0 Å². The molecular weight excluding hydrogens is 552 g/mol. The van der Waals surface area contributed by atoms with Gasteiger partial charge in [-0.15, -0.1) is 0 Å². The summed E-state index contributed by atoms with van der Waals surface area (Å²) in [6, 6.07) is 0. The molecule has 1 N–H and O–H groups in total. The van der Waals surface area contributed by atoms with Crippen molar-refractivity contribution in [2.45, 2.75) is 176 Å². The molecule has 0 bridgehead atoms. The normalized spacial score (nSPS) is 39.7. The van der Waals surface area contributed by atoms with Crippen molar-refractivity contribution in [1.82, 2.24) is 0 Å². The van der Waals surface area contributed by atoms with Crippen LogP contribution in [0.4, 0.5) is 0 Å². The zero-order valence-corrected chi connectivity index (χ0v) is 31.2. The zero-order valence-electron chi connectivity index (χ0n) is 31.2. The van der Waals surface area contributed by atoms with Crippen LogP contribution in [0.5, 0.6) is 0 Å². The van der Waals surface area contributed by atoms with Gasteiger partial charge in [0, 0.05) is 18.8 Å². The van der Waals surface area contributed by atoms with Gasteiger partial charge in [-0.2, -0.15) is 0 Å². The van der Waals surface area contributed by atoms with Crippen LogP contribution in [-0.2, 0) is 9.47 Å². The molecule has 0 aromatic carbocycles. The molecule has 4 rings (SSSR count). The fourth-order valence-corrected chi connectivity index (χ4v) is 10.9. The maximum Gasteiger partial charge on any atom is 0.168 e.